The van der Waals surface area contributed by atoms with Gasteiger partial charge in [0.1, 0.15) is 5.75 Å². The molecule has 1 amide bonds. The van der Waals surface area contributed by atoms with Crippen molar-refractivity contribution in [3.8, 4) is 5.75 Å². The molecule has 0 atom stereocenters. The fourth-order valence-corrected chi connectivity index (χ4v) is 4.12. The molecule has 0 spiro atoms. The van der Waals surface area contributed by atoms with Crippen LogP contribution in [0.15, 0.2) is 23.1 Å². The van der Waals surface area contributed by atoms with Crippen LogP contribution in [0.2, 0.25) is 0 Å². The largest absolute Gasteiger partial charge is 0.493 e. The van der Waals surface area contributed by atoms with Crippen LogP contribution in [0.1, 0.15) is 43.0 Å². The van der Waals surface area contributed by atoms with E-state index in [1.54, 1.807) is 6.92 Å². The van der Waals surface area contributed by atoms with Gasteiger partial charge in [-0.1, -0.05) is 12.8 Å². The van der Waals surface area contributed by atoms with Crippen LogP contribution in [0.4, 0.5) is 0 Å². The molecule has 0 radical (unpaired) electrons. The summed E-state index contributed by atoms with van der Waals surface area (Å²) in [4.78, 5) is 11.6. The normalized spacial score (nSPS) is 17.0. The summed E-state index contributed by atoms with van der Waals surface area (Å²) in [5.41, 5.74) is 5.43. The second kappa shape index (κ2) is 7.11. The van der Waals surface area contributed by atoms with E-state index in [4.69, 9.17) is 10.5 Å². The van der Waals surface area contributed by atoms with Crippen LogP contribution in [0.3, 0.4) is 0 Å². The zero-order valence-corrected chi connectivity index (χ0v) is 13.6. The summed E-state index contributed by atoms with van der Waals surface area (Å²) in [6, 6.07) is 4.28. The number of sulfonamides is 1. The molecule has 2 N–H and O–H groups in total. The highest BCUT2D eigenvalue weighted by Gasteiger charge is 2.26. The van der Waals surface area contributed by atoms with Gasteiger partial charge in [-0.15, -0.1) is 0 Å². The van der Waals surface area contributed by atoms with Gasteiger partial charge in [-0.05, 0) is 38.0 Å². The first-order valence-corrected chi connectivity index (χ1v) is 8.97. The number of nitrogens with zero attached hydrogens (tertiary/aromatic N) is 1. The zero-order valence-electron chi connectivity index (χ0n) is 12.7. The van der Waals surface area contributed by atoms with Crippen LogP contribution in [0.5, 0.6) is 5.75 Å². The number of benzene rings is 1. The third kappa shape index (κ3) is 3.59. The molecule has 0 saturated carbocycles. The van der Waals surface area contributed by atoms with Crippen molar-refractivity contribution in [2.24, 2.45) is 5.73 Å². The summed E-state index contributed by atoms with van der Waals surface area (Å²) in [5, 5.41) is 0. The van der Waals surface area contributed by atoms with Gasteiger partial charge in [0.25, 0.3) is 5.91 Å². The monoisotopic (exact) mass is 326 g/mol. The molecule has 1 heterocycles. The van der Waals surface area contributed by atoms with Crippen LogP contribution < -0.4 is 10.5 Å². The quantitative estimate of drug-likeness (QED) is 0.892. The summed E-state index contributed by atoms with van der Waals surface area (Å²) in [7, 11) is -3.60. The van der Waals surface area contributed by atoms with Crippen LogP contribution in [-0.4, -0.2) is 38.3 Å². The van der Waals surface area contributed by atoms with Crippen LogP contribution in [0.25, 0.3) is 0 Å². The molecule has 0 bridgehead atoms. The Balaban J connectivity index is 2.38. The highest BCUT2D eigenvalue weighted by molar-refractivity contribution is 7.89. The van der Waals surface area contributed by atoms with Crippen molar-refractivity contribution in [1.29, 1.82) is 0 Å². The predicted octanol–water partition coefficient (Wildman–Crippen LogP) is 1.75. The van der Waals surface area contributed by atoms with E-state index in [0.29, 0.717) is 25.4 Å². The molecule has 2 rings (SSSR count). The lowest BCUT2D eigenvalue weighted by atomic mass is 10.2. The SMILES string of the molecule is CCOc1ccc(S(=O)(=O)N2CCCCCC2)cc1C(N)=O. The zero-order chi connectivity index (χ0) is 16.2. The van der Waals surface area contributed by atoms with E-state index in [1.807, 2.05) is 0 Å². The van der Waals surface area contributed by atoms with E-state index >= 15 is 0 Å². The number of carbonyl (C=O) groups is 1. The van der Waals surface area contributed by atoms with Crippen molar-refractivity contribution in [2.75, 3.05) is 19.7 Å². The number of hydrogen-bond donors (Lipinski definition) is 1. The van der Waals surface area contributed by atoms with Crippen molar-refractivity contribution >= 4 is 15.9 Å². The third-order valence-corrected chi connectivity index (χ3v) is 5.61. The average molecular weight is 326 g/mol. The lowest BCUT2D eigenvalue weighted by molar-refractivity contribution is 0.0996. The van der Waals surface area contributed by atoms with Crippen LogP contribution >= 0.6 is 0 Å². The summed E-state index contributed by atoms with van der Waals surface area (Å²) >= 11 is 0. The second-order valence-electron chi connectivity index (χ2n) is 5.27. The summed E-state index contributed by atoms with van der Waals surface area (Å²) in [6.07, 6.45) is 3.81. The molecule has 1 aromatic rings. The van der Waals surface area contributed by atoms with Gasteiger partial charge in [0, 0.05) is 13.1 Å². The lowest BCUT2D eigenvalue weighted by Crippen LogP contribution is -2.32. The summed E-state index contributed by atoms with van der Waals surface area (Å²) in [5.74, 6) is -0.388. The van der Waals surface area contributed by atoms with Gasteiger partial charge < -0.3 is 10.5 Å². The molecule has 1 fully saturated rings. The Bertz CT molecular complexity index is 635. The smallest absolute Gasteiger partial charge is 0.252 e. The average Bonchev–Trinajstić information content (AvgIpc) is 2.77. The van der Waals surface area contributed by atoms with E-state index in [0.717, 1.165) is 25.7 Å². The minimum atomic E-state index is -3.60. The third-order valence-electron chi connectivity index (χ3n) is 3.72. The minimum absolute atomic E-state index is 0.0895. The maximum atomic E-state index is 12.7. The molecule has 1 aliphatic rings. The van der Waals surface area contributed by atoms with E-state index in [9.17, 15) is 13.2 Å². The van der Waals surface area contributed by atoms with E-state index in [-0.39, 0.29) is 10.5 Å². The second-order valence-corrected chi connectivity index (χ2v) is 7.21. The van der Waals surface area contributed by atoms with Crippen molar-refractivity contribution in [3.63, 3.8) is 0 Å². The number of rotatable bonds is 5. The van der Waals surface area contributed by atoms with Gasteiger partial charge in [0.2, 0.25) is 10.0 Å². The van der Waals surface area contributed by atoms with Gasteiger partial charge in [-0.25, -0.2) is 8.42 Å². The first-order valence-electron chi connectivity index (χ1n) is 7.53. The molecular weight excluding hydrogens is 304 g/mol. The number of amides is 1. The Morgan fingerprint density at radius 1 is 1.23 bits per heavy atom. The number of nitrogens with two attached hydrogens (primary N) is 1. The molecule has 6 nitrogen and oxygen atoms in total. The van der Waals surface area contributed by atoms with Gasteiger partial charge >= 0.3 is 0 Å². The number of ether oxygens (including phenoxy) is 1. The van der Waals surface area contributed by atoms with Crippen molar-refractivity contribution < 1.29 is 17.9 Å². The van der Waals surface area contributed by atoms with Gasteiger partial charge in [0.15, 0.2) is 0 Å². The molecule has 0 aromatic heterocycles. The Morgan fingerprint density at radius 2 is 1.86 bits per heavy atom. The molecular formula is C15H22N2O4S. The van der Waals surface area contributed by atoms with Crippen LogP contribution in [0, 0.1) is 0 Å². The highest BCUT2D eigenvalue weighted by atomic mass is 32.2. The highest BCUT2D eigenvalue weighted by Crippen LogP contribution is 2.26. The molecule has 1 saturated heterocycles. The fourth-order valence-electron chi connectivity index (χ4n) is 2.57. The molecule has 1 aromatic carbocycles. The van der Waals surface area contributed by atoms with Gasteiger partial charge in [-0.2, -0.15) is 4.31 Å². The molecule has 22 heavy (non-hydrogen) atoms. The Morgan fingerprint density at radius 3 is 2.41 bits per heavy atom. The topological polar surface area (TPSA) is 89.7 Å². The van der Waals surface area contributed by atoms with Gasteiger partial charge in [-0.3, -0.25) is 4.79 Å². The van der Waals surface area contributed by atoms with E-state index in [1.165, 1.54) is 22.5 Å². The maximum absolute atomic E-state index is 12.7. The van der Waals surface area contributed by atoms with Crippen LogP contribution in [-0.2, 0) is 10.0 Å². The first-order chi connectivity index (χ1) is 10.5. The van der Waals surface area contributed by atoms with Crippen molar-refractivity contribution in [3.05, 3.63) is 23.8 Å². The van der Waals surface area contributed by atoms with Crippen molar-refractivity contribution in [2.45, 2.75) is 37.5 Å². The first kappa shape index (κ1) is 16.8. The lowest BCUT2D eigenvalue weighted by Gasteiger charge is -2.20. The van der Waals surface area contributed by atoms with Crippen molar-refractivity contribution in [1.82, 2.24) is 4.31 Å². The molecule has 122 valence electrons. The van der Waals surface area contributed by atoms with Gasteiger partial charge in [0.05, 0.1) is 17.1 Å². The molecule has 0 unspecified atom stereocenters. The molecule has 7 heteroatoms. The van der Waals surface area contributed by atoms with E-state index < -0.39 is 15.9 Å². The summed E-state index contributed by atoms with van der Waals surface area (Å²) < 4.78 is 32.2. The number of carbonyl (C=O) groups excluding carboxylic acids is 1. The van der Waals surface area contributed by atoms with E-state index in [2.05, 4.69) is 0 Å². The number of hydrogen-bond acceptors (Lipinski definition) is 4. The number of primary amides is 1. The minimum Gasteiger partial charge on any atom is -0.493 e. The molecule has 1 aliphatic heterocycles. The Labute approximate surface area is 131 Å². The molecule has 0 aliphatic carbocycles. The standard InChI is InChI=1S/C15H22N2O4S/c1-2-21-14-8-7-12(11-13(14)15(16)18)22(19,20)17-9-5-3-4-6-10-17/h7-8,11H,2-6,9-10H2,1H3,(H2,16,18). The Hall–Kier alpha value is -1.60. The summed E-state index contributed by atoms with van der Waals surface area (Å²) in [6.45, 7) is 3.19. The Kier molecular flexibility index (Phi) is 5.42. The fraction of sp³-hybridized carbons (Fsp3) is 0.533. The maximum Gasteiger partial charge on any atom is 0.252 e. The predicted molar refractivity (Wildman–Crippen MR) is 83.4 cm³/mol.